The molecule has 2 heteroatoms. The van der Waals surface area contributed by atoms with E-state index in [1.165, 1.54) is 21.5 Å². The van der Waals surface area contributed by atoms with Gasteiger partial charge >= 0.3 is 0 Å². The Labute approximate surface area is 143 Å². The van der Waals surface area contributed by atoms with Crippen LogP contribution in [0.5, 0.6) is 0 Å². The molecule has 0 aromatic heterocycles. The smallest absolute Gasteiger partial charge is 0.0547 e. The van der Waals surface area contributed by atoms with Crippen molar-refractivity contribution < 1.29 is 0 Å². The van der Waals surface area contributed by atoms with Crippen LogP contribution in [0.2, 0.25) is 0 Å². The molecule has 0 aliphatic rings. The number of benzene rings is 4. The topological polar surface area (TPSA) is 52.0 Å². The molecule has 4 rings (SSSR count). The summed E-state index contributed by atoms with van der Waals surface area (Å²) in [5.74, 6) is 0. The summed E-state index contributed by atoms with van der Waals surface area (Å²) in [7, 11) is 0. The molecule has 24 heavy (non-hydrogen) atoms. The minimum absolute atomic E-state index is 0.646. The highest BCUT2D eigenvalue weighted by Gasteiger charge is 1.95. The first-order valence-corrected chi connectivity index (χ1v) is 7.71. The van der Waals surface area contributed by atoms with Gasteiger partial charge in [-0.25, -0.2) is 0 Å². The molecule has 0 heterocycles. The molecular weight excluding hydrogens is 292 g/mol. The van der Waals surface area contributed by atoms with Crippen LogP contribution in [0.15, 0.2) is 98.1 Å². The Hall–Kier alpha value is -3.26. The van der Waals surface area contributed by atoms with E-state index in [9.17, 15) is 0 Å². The zero-order chi connectivity index (χ0) is 17.4. The first-order valence-electron chi connectivity index (χ1n) is 7.71. The third kappa shape index (κ3) is 4.14. The van der Waals surface area contributed by atoms with E-state index in [1.54, 1.807) is 12.1 Å². The third-order valence-electron chi connectivity index (χ3n) is 3.61. The SMILES string of the molecule is C=C.Nc1ccccc1N.c1ccc2cc3ccccc3cc2c1. The molecule has 120 valence electrons. The van der Waals surface area contributed by atoms with E-state index >= 15 is 0 Å². The lowest BCUT2D eigenvalue weighted by Crippen LogP contribution is -1.91. The van der Waals surface area contributed by atoms with Gasteiger partial charge < -0.3 is 11.5 Å². The number of hydrogen-bond donors (Lipinski definition) is 2. The van der Waals surface area contributed by atoms with Crippen LogP contribution < -0.4 is 11.5 Å². The second-order valence-electron chi connectivity index (χ2n) is 5.18. The van der Waals surface area contributed by atoms with E-state index in [2.05, 4.69) is 73.8 Å². The molecule has 0 radical (unpaired) electrons. The van der Waals surface area contributed by atoms with Crippen LogP contribution in [0.25, 0.3) is 21.5 Å². The molecule has 0 atom stereocenters. The molecule has 0 unspecified atom stereocenters. The van der Waals surface area contributed by atoms with Crippen LogP contribution in [0.1, 0.15) is 0 Å². The molecule has 0 spiro atoms. The second kappa shape index (κ2) is 8.39. The molecule has 0 amide bonds. The molecule has 0 saturated heterocycles. The van der Waals surface area contributed by atoms with E-state index in [-0.39, 0.29) is 0 Å². The Morgan fingerprint density at radius 2 is 0.708 bits per heavy atom. The van der Waals surface area contributed by atoms with Gasteiger partial charge in [0, 0.05) is 0 Å². The zero-order valence-electron chi connectivity index (χ0n) is 13.7. The van der Waals surface area contributed by atoms with E-state index in [4.69, 9.17) is 11.5 Å². The number of fused-ring (bicyclic) bond motifs is 2. The molecule has 2 nitrogen and oxygen atoms in total. The molecular formula is C22H22N2. The van der Waals surface area contributed by atoms with Crippen LogP contribution in [0, 0.1) is 0 Å². The second-order valence-corrected chi connectivity index (χ2v) is 5.18. The van der Waals surface area contributed by atoms with Gasteiger partial charge in [0.25, 0.3) is 0 Å². The Morgan fingerprint density at radius 3 is 0.958 bits per heavy atom. The van der Waals surface area contributed by atoms with Gasteiger partial charge in [0.05, 0.1) is 11.4 Å². The number of rotatable bonds is 0. The normalized spacial score (nSPS) is 9.50. The average Bonchev–Trinajstić information content (AvgIpc) is 2.64. The molecule has 0 fully saturated rings. The van der Waals surface area contributed by atoms with Crippen molar-refractivity contribution in [3.05, 3.63) is 98.1 Å². The van der Waals surface area contributed by atoms with Crippen LogP contribution in [0.3, 0.4) is 0 Å². The molecule has 0 aliphatic carbocycles. The van der Waals surface area contributed by atoms with Gasteiger partial charge in [-0.15, -0.1) is 13.2 Å². The largest absolute Gasteiger partial charge is 0.397 e. The van der Waals surface area contributed by atoms with Gasteiger partial charge in [-0.2, -0.15) is 0 Å². The highest BCUT2D eigenvalue weighted by atomic mass is 14.7. The first-order chi connectivity index (χ1) is 11.7. The van der Waals surface area contributed by atoms with Crippen LogP contribution in [-0.4, -0.2) is 0 Å². The Morgan fingerprint density at radius 1 is 0.458 bits per heavy atom. The van der Waals surface area contributed by atoms with Gasteiger partial charge in [-0.1, -0.05) is 60.7 Å². The van der Waals surface area contributed by atoms with Crippen LogP contribution in [-0.2, 0) is 0 Å². The minimum atomic E-state index is 0.646. The minimum Gasteiger partial charge on any atom is -0.397 e. The quantitative estimate of drug-likeness (QED) is 0.250. The lowest BCUT2D eigenvalue weighted by atomic mass is 10.0. The maximum Gasteiger partial charge on any atom is 0.0547 e. The van der Waals surface area contributed by atoms with Gasteiger partial charge in [0.15, 0.2) is 0 Å². The van der Waals surface area contributed by atoms with Gasteiger partial charge in [-0.3, -0.25) is 0 Å². The number of anilines is 2. The molecule has 4 aromatic rings. The first kappa shape index (κ1) is 17.1. The van der Waals surface area contributed by atoms with Crippen molar-refractivity contribution in [1.29, 1.82) is 0 Å². The number of hydrogen-bond acceptors (Lipinski definition) is 2. The van der Waals surface area contributed by atoms with Gasteiger partial charge in [0.1, 0.15) is 0 Å². The van der Waals surface area contributed by atoms with Crippen molar-refractivity contribution in [2.45, 2.75) is 0 Å². The molecule has 0 bridgehead atoms. The Kier molecular flexibility index (Phi) is 5.98. The summed E-state index contributed by atoms with van der Waals surface area (Å²) >= 11 is 0. The van der Waals surface area contributed by atoms with Crippen molar-refractivity contribution in [1.82, 2.24) is 0 Å². The third-order valence-corrected chi connectivity index (χ3v) is 3.61. The fourth-order valence-electron chi connectivity index (χ4n) is 2.39. The fraction of sp³-hybridized carbons (Fsp3) is 0. The van der Waals surface area contributed by atoms with Crippen molar-refractivity contribution >= 4 is 32.9 Å². The summed E-state index contributed by atoms with van der Waals surface area (Å²) in [4.78, 5) is 0. The summed E-state index contributed by atoms with van der Waals surface area (Å²) < 4.78 is 0. The predicted octanol–water partition coefficient (Wildman–Crippen LogP) is 5.65. The maximum absolute atomic E-state index is 5.39. The van der Waals surface area contributed by atoms with Gasteiger partial charge in [-0.05, 0) is 45.8 Å². The van der Waals surface area contributed by atoms with Crippen LogP contribution >= 0.6 is 0 Å². The molecule has 4 aromatic carbocycles. The average molecular weight is 314 g/mol. The summed E-state index contributed by atoms with van der Waals surface area (Å²) in [5, 5.41) is 5.25. The number of nitrogens with two attached hydrogens (primary N) is 2. The van der Waals surface area contributed by atoms with E-state index in [0.717, 1.165) is 0 Å². The maximum atomic E-state index is 5.39. The monoisotopic (exact) mass is 314 g/mol. The molecule has 0 aliphatic heterocycles. The Balaban J connectivity index is 0.000000179. The van der Waals surface area contributed by atoms with Gasteiger partial charge in [0.2, 0.25) is 0 Å². The molecule has 4 N–H and O–H groups in total. The van der Waals surface area contributed by atoms with Crippen molar-refractivity contribution in [3.63, 3.8) is 0 Å². The predicted molar refractivity (Wildman–Crippen MR) is 108 cm³/mol. The summed E-state index contributed by atoms with van der Waals surface area (Å²) in [5.41, 5.74) is 12.1. The van der Waals surface area contributed by atoms with E-state index < -0.39 is 0 Å². The standard InChI is InChI=1S/C14H10.C6H8N2.C2H4/c1-2-6-12-10-14-8-4-3-7-13(14)9-11(12)5-1;7-5-3-1-2-4-6(5)8;1-2/h1-10H;1-4H,7-8H2;1-2H2. The van der Waals surface area contributed by atoms with Crippen molar-refractivity contribution in [3.8, 4) is 0 Å². The molecule has 0 saturated carbocycles. The van der Waals surface area contributed by atoms with E-state index in [0.29, 0.717) is 11.4 Å². The summed E-state index contributed by atoms with van der Waals surface area (Å²) in [6, 6.07) is 28.7. The highest BCUT2D eigenvalue weighted by Crippen LogP contribution is 2.22. The Bertz CT molecular complexity index is 803. The van der Waals surface area contributed by atoms with Crippen molar-refractivity contribution in [2.75, 3.05) is 11.5 Å². The summed E-state index contributed by atoms with van der Waals surface area (Å²) in [6.07, 6.45) is 0. The van der Waals surface area contributed by atoms with E-state index in [1.807, 2.05) is 12.1 Å². The lowest BCUT2D eigenvalue weighted by molar-refractivity contribution is 1.67. The number of nitrogen functional groups attached to an aromatic ring is 2. The fourth-order valence-corrected chi connectivity index (χ4v) is 2.39. The number of para-hydroxylation sites is 2. The highest BCUT2D eigenvalue weighted by molar-refractivity contribution is 5.98. The zero-order valence-corrected chi connectivity index (χ0v) is 13.7. The lowest BCUT2D eigenvalue weighted by Gasteiger charge is -2.00. The van der Waals surface area contributed by atoms with Crippen LogP contribution in [0.4, 0.5) is 11.4 Å². The van der Waals surface area contributed by atoms with Crippen molar-refractivity contribution in [2.24, 2.45) is 0 Å². The summed E-state index contributed by atoms with van der Waals surface area (Å²) in [6.45, 7) is 6.00.